The molecule has 2 aromatic heterocycles. The molecule has 3 heteroatoms. The fourth-order valence-corrected chi connectivity index (χ4v) is 3.61. The summed E-state index contributed by atoms with van der Waals surface area (Å²) in [6.45, 7) is 5.38. The second-order valence-corrected chi connectivity index (χ2v) is 6.49. The summed E-state index contributed by atoms with van der Waals surface area (Å²) in [5.74, 6) is 0.840. The van der Waals surface area contributed by atoms with E-state index in [9.17, 15) is 0 Å². The molecule has 1 aliphatic rings. The molecule has 0 bridgehead atoms. The second kappa shape index (κ2) is 6.61. The average molecular weight is 285 g/mol. The van der Waals surface area contributed by atoms with E-state index in [1.54, 1.807) is 0 Å². The first-order valence-corrected chi connectivity index (χ1v) is 8.41. The first kappa shape index (κ1) is 14.6. The van der Waals surface area contributed by atoms with E-state index in [-0.39, 0.29) is 0 Å². The van der Waals surface area contributed by atoms with Crippen molar-refractivity contribution in [1.29, 1.82) is 0 Å². The van der Waals surface area contributed by atoms with Crippen molar-refractivity contribution in [3.8, 4) is 0 Å². The minimum atomic E-state index is 0.594. The van der Waals surface area contributed by atoms with Gasteiger partial charge in [-0.05, 0) is 44.7 Å². The molecule has 0 radical (unpaired) electrons. The molecule has 0 unspecified atom stereocenters. The highest BCUT2D eigenvalue weighted by Crippen LogP contribution is 2.25. The fourth-order valence-electron chi connectivity index (χ4n) is 3.61. The molecule has 0 aliphatic heterocycles. The zero-order chi connectivity index (χ0) is 14.7. The quantitative estimate of drug-likeness (QED) is 0.857. The summed E-state index contributed by atoms with van der Waals surface area (Å²) in [4.78, 5) is 4.64. The summed E-state index contributed by atoms with van der Waals surface area (Å²) < 4.78 is 2.21. The van der Waals surface area contributed by atoms with Gasteiger partial charge in [-0.25, -0.2) is 4.98 Å². The topological polar surface area (TPSA) is 29.3 Å². The van der Waals surface area contributed by atoms with Crippen molar-refractivity contribution in [2.45, 2.75) is 65.0 Å². The number of aromatic nitrogens is 2. The number of nitrogens with one attached hydrogen (secondary N) is 1. The van der Waals surface area contributed by atoms with E-state index in [2.05, 4.69) is 46.9 Å². The summed E-state index contributed by atoms with van der Waals surface area (Å²) in [5.41, 5.74) is 3.49. The molecule has 21 heavy (non-hydrogen) atoms. The summed E-state index contributed by atoms with van der Waals surface area (Å²) in [6, 6.07) is 6.79. The molecule has 0 amide bonds. The molecular formula is C18H27N3. The molecule has 2 heterocycles. The lowest BCUT2D eigenvalue weighted by Crippen LogP contribution is -2.33. The second-order valence-electron chi connectivity index (χ2n) is 6.49. The number of rotatable bonds is 4. The summed E-state index contributed by atoms with van der Waals surface area (Å²) >= 11 is 0. The van der Waals surface area contributed by atoms with Crippen LogP contribution in [0.15, 0.2) is 24.4 Å². The van der Waals surface area contributed by atoms with Gasteiger partial charge >= 0.3 is 0 Å². The van der Waals surface area contributed by atoms with Crippen LogP contribution in [0, 0.1) is 12.8 Å². The third-order valence-corrected chi connectivity index (χ3v) is 5.03. The van der Waals surface area contributed by atoms with Crippen LogP contribution in [0.5, 0.6) is 0 Å². The van der Waals surface area contributed by atoms with Gasteiger partial charge in [0.15, 0.2) is 0 Å². The first-order chi connectivity index (χ1) is 10.3. The molecule has 0 aromatic carbocycles. The molecule has 114 valence electrons. The molecule has 2 aromatic rings. The number of fused-ring (bicyclic) bond motifs is 1. The van der Waals surface area contributed by atoms with Crippen molar-refractivity contribution in [2.24, 2.45) is 5.92 Å². The van der Waals surface area contributed by atoms with Crippen LogP contribution in [0.25, 0.3) is 5.65 Å². The van der Waals surface area contributed by atoms with Gasteiger partial charge in [-0.1, -0.05) is 31.7 Å². The number of imidazole rings is 1. The van der Waals surface area contributed by atoms with Crippen molar-refractivity contribution in [2.75, 3.05) is 0 Å². The van der Waals surface area contributed by atoms with Crippen LogP contribution in [0.3, 0.4) is 0 Å². The van der Waals surface area contributed by atoms with E-state index in [4.69, 9.17) is 0 Å². The molecule has 1 atom stereocenters. The summed E-state index contributed by atoms with van der Waals surface area (Å²) in [5, 5.41) is 3.75. The van der Waals surface area contributed by atoms with Crippen LogP contribution in [0.1, 0.15) is 56.8 Å². The van der Waals surface area contributed by atoms with Gasteiger partial charge in [-0.15, -0.1) is 0 Å². The van der Waals surface area contributed by atoms with Crippen LogP contribution in [0.2, 0.25) is 0 Å². The maximum atomic E-state index is 4.64. The lowest BCUT2D eigenvalue weighted by atomic mass is 9.93. The van der Waals surface area contributed by atoms with Gasteiger partial charge in [-0.2, -0.15) is 0 Å². The maximum Gasteiger partial charge on any atom is 0.137 e. The van der Waals surface area contributed by atoms with Gasteiger partial charge in [0.2, 0.25) is 0 Å². The first-order valence-electron chi connectivity index (χ1n) is 8.41. The Morgan fingerprint density at radius 1 is 1.24 bits per heavy atom. The molecule has 1 N–H and O–H groups in total. The fraction of sp³-hybridized carbons (Fsp3) is 0.611. The Balaban J connectivity index is 1.67. The van der Waals surface area contributed by atoms with Gasteiger partial charge < -0.3 is 9.72 Å². The standard InChI is InChI=1S/C18H27N3/c1-14(16-9-5-3-4-6-10-16)19-13-17-15(2)20-18-11-7-8-12-21(17)18/h7-8,11-12,14,16,19H,3-6,9-10,13H2,1-2H3/t14-/m1/s1. The van der Waals surface area contributed by atoms with E-state index in [0.717, 1.165) is 23.8 Å². The number of aryl methyl sites for hydroxylation is 1. The number of pyridine rings is 1. The van der Waals surface area contributed by atoms with Gasteiger partial charge in [-0.3, -0.25) is 0 Å². The van der Waals surface area contributed by atoms with E-state index < -0.39 is 0 Å². The molecule has 0 spiro atoms. The Hall–Kier alpha value is -1.35. The van der Waals surface area contributed by atoms with Crippen LogP contribution in [0.4, 0.5) is 0 Å². The Bertz CT molecular complexity index is 579. The third kappa shape index (κ3) is 3.29. The molecule has 1 fully saturated rings. The highest BCUT2D eigenvalue weighted by molar-refractivity contribution is 5.42. The van der Waals surface area contributed by atoms with Crippen LogP contribution >= 0.6 is 0 Å². The van der Waals surface area contributed by atoms with E-state index in [0.29, 0.717) is 6.04 Å². The van der Waals surface area contributed by atoms with Gasteiger partial charge in [0.05, 0.1) is 11.4 Å². The predicted molar refractivity (Wildman–Crippen MR) is 87.4 cm³/mol. The van der Waals surface area contributed by atoms with Crippen molar-refractivity contribution >= 4 is 5.65 Å². The number of hydrogen-bond donors (Lipinski definition) is 1. The smallest absolute Gasteiger partial charge is 0.137 e. The highest BCUT2D eigenvalue weighted by Gasteiger charge is 2.19. The monoisotopic (exact) mass is 285 g/mol. The minimum absolute atomic E-state index is 0.594. The van der Waals surface area contributed by atoms with Crippen LogP contribution in [-0.4, -0.2) is 15.4 Å². The lowest BCUT2D eigenvalue weighted by molar-refractivity contribution is 0.335. The lowest BCUT2D eigenvalue weighted by Gasteiger charge is -2.23. The van der Waals surface area contributed by atoms with Crippen molar-refractivity contribution in [1.82, 2.24) is 14.7 Å². The van der Waals surface area contributed by atoms with Crippen molar-refractivity contribution in [3.05, 3.63) is 35.8 Å². The summed E-state index contributed by atoms with van der Waals surface area (Å²) in [7, 11) is 0. The SMILES string of the molecule is Cc1nc2ccccn2c1CN[C@H](C)C1CCCCCC1. The third-order valence-electron chi connectivity index (χ3n) is 5.03. The zero-order valence-electron chi connectivity index (χ0n) is 13.3. The van der Waals surface area contributed by atoms with Crippen LogP contribution in [-0.2, 0) is 6.54 Å². The van der Waals surface area contributed by atoms with Gasteiger partial charge in [0.1, 0.15) is 5.65 Å². The van der Waals surface area contributed by atoms with Gasteiger partial charge in [0.25, 0.3) is 0 Å². The average Bonchev–Trinajstić information content (AvgIpc) is 2.68. The zero-order valence-corrected chi connectivity index (χ0v) is 13.3. The Morgan fingerprint density at radius 3 is 2.76 bits per heavy atom. The van der Waals surface area contributed by atoms with Crippen LogP contribution < -0.4 is 5.32 Å². The predicted octanol–water partition coefficient (Wildman–Crippen LogP) is 4.09. The van der Waals surface area contributed by atoms with Crippen molar-refractivity contribution in [3.63, 3.8) is 0 Å². The minimum Gasteiger partial charge on any atom is -0.308 e. The Morgan fingerprint density at radius 2 is 2.00 bits per heavy atom. The number of nitrogens with zero attached hydrogens (tertiary/aromatic N) is 2. The van der Waals surface area contributed by atoms with Gasteiger partial charge in [0, 0.05) is 18.8 Å². The molecule has 1 aliphatic carbocycles. The molecular weight excluding hydrogens is 258 g/mol. The van der Waals surface area contributed by atoms with E-state index >= 15 is 0 Å². The van der Waals surface area contributed by atoms with Crippen molar-refractivity contribution < 1.29 is 0 Å². The summed E-state index contributed by atoms with van der Waals surface area (Å²) in [6.07, 6.45) is 10.6. The Labute approximate surface area is 127 Å². The number of hydrogen-bond acceptors (Lipinski definition) is 2. The maximum absolute atomic E-state index is 4.64. The van der Waals surface area contributed by atoms with E-state index in [1.165, 1.54) is 44.2 Å². The molecule has 3 nitrogen and oxygen atoms in total. The molecule has 0 saturated heterocycles. The largest absolute Gasteiger partial charge is 0.308 e. The molecule has 1 saturated carbocycles. The Kier molecular flexibility index (Phi) is 4.59. The van der Waals surface area contributed by atoms with E-state index in [1.807, 2.05) is 6.07 Å². The highest BCUT2D eigenvalue weighted by atomic mass is 15.0. The molecule has 3 rings (SSSR count). The normalized spacial score (nSPS) is 18.8.